The standard InChI is InChI=1S/C40H47N5O5/c1-27(46)36(37-32(38(41)47)25-31(33-16-9-10-19-42-33)39(48)45(37)29-13-5-6-14-29)40(28-11-3-2-4-12-28,26-44-20-23-49-24-21-44)43-34-18-22-50-35-17-8-7-15-30(34)35/h2-4,7-12,15-17,19,25,27,29,34,36,43,46H,5-6,13-14,18,20-24,26H2,1H3,(H2,41,47). The van der Waals surface area contributed by atoms with Crippen LogP contribution in [0, 0.1) is 0 Å². The van der Waals surface area contributed by atoms with Gasteiger partial charge < -0.3 is 24.9 Å². The Hall–Kier alpha value is -4.35. The van der Waals surface area contributed by atoms with Gasteiger partial charge in [-0.2, -0.15) is 0 Å². The molecule has 2 aliphatic heterocycles. The molecule has 2 aromatic heterocycles. The minimum atomic E-state index is -1.01. The second-order valence-electron chi connectivity index (χ2n) is 13.9. The molecule has 1 saturated carbocycles. The van der Waals surface area contributed by atoms with Crippen molar-refractivity contribution >= 4 is 5.91 Å². The topological polar surface area (TPSA) is 132 Å². The number of ether oxygens (including phenoxy) is 2. The third-order valence-corrected chi connectivity index (χ3v) is 10.7. The van der Waals surface area contributed by atoms with Gasteiger partial charge in [0.1, 0.15) is 5.75 Å². The molecule has 262 valence electrons. The molecule has 10 heteroatoms. The van der Waals surface area contributed by atoms with E-state index in [-0.39, 0.29) is 23.2 Å². The maximum absolute atomic E-state index is 14.9. The quantitative estimate of drug-likeness (QED) is 0.204. The van der Waals surface area contributed by atoms with Crippen LogP contribution < -0.4 is 21.3 Å². The first-order valence-electron chi connectivity index (χ1n) is 17.9. The number of aromatic nitrogens is 2. The third-order valence-electron chi connectivity index (χ3n) is 10.7. The van der Waals surface area contributed by atoms with Crippen LogP contribution in [0.2, 0.25) is 0 Å². The second-order valence-corrected chi connectivity index (χ2v) is 13.9. The second kappa shape index (κ2) is 14.9. The molecule has 4 N–H and O–H groups in total. The molecule has 4 heterocycles. The first-order valence-corrected chi connectivity index (χ1v) is 17.9. The van der Waals surface area contributed by atoms with Gasteiger partial charge in [-0.25, -0.2) is 0 Å². The van der Waals surface area contributed by atoms with Crippen molar-refractivity contribution in [3.63, 3.8) is 0 Å². The molecule has 4 unspecified atom stereocenters. The Morgan fingerprint density at radius 3 is 2.42 bits per heavy atom. The first-order chi connectivity index (χ1) is 24.4. The highest BCUT2D eigenvalue weighted by Gasteiger charge is 2.50. The molecule has 0 spiro atoms. The van der Waals surface area contributed by atoms with Crippen molar-refractivity contribution in [2.24, 2.45) is 5.73 Å². The summed E-state index contributed by atoms with van der Waals surface area (Å²) in [6.07, 6.45) is 4.82. The fraction of sp³-hybridized carbons (Fsp3) is 0.425. The lowest BCUT2D eigenvalue weighted by molar-refractivity contribution is 0.00173. The zero-order valence-corrected chi connectivity index (χ0v) is 28.7. The summed E-state index contributed by atoms with van der Waals surface area (Å²) in [6.45, 7) is 5.34. The Morgan fingerprint density at radius 1 is 1.00 bits per heavy atom. The molecule has 1 amide bonds. The summed E-state index contributed by atoms with van der Waals surface area (Å²) in [7, 11) is 0. The largest absolute Gasteiger partial charge is 0.493 e. The Kier molecular flexibility index (Phi) is 10.1. The lowest BCUT2D eigenvalue weighted by atomic mass is 9.70. The van der Waals surface area contributed by atoms with E-state index in [0.717, 1.165) is 42.6 Å². The van der Waals surface area contributed by atoms with Crippen LogP contribution >= 0.6 is 0 Å². The number of amides is 1. The van der Waals surface area contributed by atoms with Crippen molar-refractivity contribution in [2.75, 3.05) is 39.5 Å². The zero-order chi connectivity index (χ0) is 34.7. The molecule has 50 heavy (non-hydrogen) atoms. The number of nitrogens with two attached hydrogens (primary N) is 1. The summed E-state index contributed by atoms with van der Waals surface area (Å²) >= 11 is 0. The molecule has 3 aliphatic rings. The number of morpholine rings is 1. The maximum atomic E-state index is 14.9. The SMILES string of the molecule is CC(O)C(c1c(C(N)=O)cc(-c2ccccn2)c(=O)n1C1CCCC1)C(CN1CCOCC1)(NC1CCOc2ccccc21)c1ccccc1. The van der Waals surface area contributed by atoms with Crippen LogP contribution in [0.15, 0.2) is 89.9 Å². The normalized spacial score (nSPS) is 20.7. The summed E-state index contributed by atoms with van der Waals surface area (Å²) in [5.74, 6) is -0.616. The smallest absolute Gasteiger partial charge is 0.260 e. The molecular weight excluding hydrogens is 630 g/mol. The highest BCUT2D eigenvalue weighted by atomic mass is 16.5. The Bertz CT molecular complexity index is 1840. The number of para-hydroxylation sites is 1. The van der Waals surface area contributed by atoms with Gasteiger partial charge in [-0.1, -0.05) is 67.4 Å². The molecule has 10 nitrogen and oxygen atoms in total. The molecule has 4 atom stereocenters. The number of carbonyl (C=O) groups is 1. The van der Waals surface area contributed by atoms with Gasteiger partial charge in [0.05, 0.1) is 48.3 Å². The van der Waals surface area contributed by atoms with Crippen molar-refractivity contribution in [2.45, 2.75) is 68.7 Å². The zero-order valence-electron chi connectivity index (χ0n) is 28.7. The molecule has 4 aromatic rings. The highest BCUT2D eigenvalue weighted by Crippen LogP contribution is 2.47. The molecule has 2 aromatic carbocycles. The number of hydrogen-bond acceptors (Lipinski definition) is 8. The number of aliphatic hydroxyl groups excluding tert-OH is 1. The Balaban J connectivity index is 1.53. The minimum Gasteiger partial charge on any atom is -0.493 e. The maximum Gasteiger partial charge on any atom is 0.260 e. The van der Waals surface area contributed by atoms with Crippen molar-refractivity contribution in [3.05, 3.63) is 118 Å². The number of nitrogens with zero attached hydrogens (tertiary/aromatic N) is 3. The van der Waals surface area contributed by atoms with E-state index in [1.807, 2.05) is 47.0 Å². The monoisotopic (exact) mass is 677 g/mol. The molecule has 0 bridgehead atoms. The predicted molar refractivity (Wildman–Crippen MR) is 192 cm³/mol. The summed E-state index contributed by atoms with van der Waals surface area (Å²) < 4.78 is 13.7. The van der Waals surface area contributed by atoms with Crippen molar-refractivity contribution in [1.82, 2.24) is 19.8 Å². The van der Waals surface area contributed by atoms with E-state index < -0.39 is 23.5 Å². The van der Waals surface area contributed by atoms with Gasteiger partial charge in [-0.15, -0.1) is 0 Å². The van der Waals surface area contributed by atoms with Gasteiger partial charge in [-0.3, -0.25) is 24.8 Å². The van der Waals surface area contributed by atoms with Crippen molar-refractivity contribution in [3.8, 4) is 17.0 Å². The fourth-order valence-electron chi connectivity index (χ4n) is 8.51. The predicted octanol–water partition coefficient (Wildman–Crippen LogP) is 4.93. The van der Waals surface area contributed by atoms with Crippen molar-refractivity contribution < 1.29 is 19.4 Å². The Morgan fingerprint density at radius 2 is 1.72 bits per heavy atom. The number of primary amides is 1. The van der Waals surface area contributed by atoms with Crippen LogP contribution in [-0.4, -0.2) is 71.0 Å². The Labute approximate surface area is 293 Å². The number of hydrogen-bond donors (Lipinski definition) is 3. The number of aliphatic hydroxyl groups is 1. The van der Waals surface area contributed by atoms with Crippen LogP contribution in [0.5, 0.6) is 5.75 Å². The third kappa shape index (κ3) is 6.60. The minimum absolute atomic E-state index is 0.154. The van der Waals surface area contributed by atoms with Crippen LogP contribution in [0.1, 0.15) is 84.2 Å². The summed E-state index contributed by atoms with van der Waals surface area (Å²) in [6, 6.07) is 24.9. The van der Waals surface area contributed by atoms with Gasteiger partial charge >= 0.3 is 0 Å². The number of rotatable bonds is 11. The number of pyridine rings is 2. The van der Waals surface area contributed by atoms with E-state index in [1.165, 1.54) is 0 Å². The van der Waals surface area contributed by atoms with Gasteiger partial charge in [0.15, 0.2) is 0 Å². The highest BCUT2D eigenvalue weighted by molar-refractivity contribution is 5.95. The van der Waals surface area contributed by atoms with E-state index >= 15 is 0 Å². The average molecular weight is 678 g/mol. The van der Waals surface area contributed by atoms with Gasteiger partial charge in [-0.05, 0) is 49.6 Å². The van der Waals surface area contributed by atoms with Crippen LogP contribution in [0.25, 0.3) is 11.3 Å². The van der Waals surface area contributed by atoms with E-state index in [0.29, 0.717) is 62.8 Å². The molecule has 1 aliphatic carbocycles. The van der Waals surface area contributed by atoms with Crippen LogP contribution in [0.4, 0.5) is 0 Å². The number of carbonyl (C=O) groups excluding carboxylic acids is 1. The van der Waals surface area contributed by atoms with E-state index in [2.05, 4.69) is 33.4 Å². The first kappa shape index (κ1) is 34.1. The lowest BCUT2D eigenvalue weighted by Gasteiger charge is -2.50. The number of benzene rings is 2. The number of fused-ring (bicyclic) bond motifs is 1. The summed E-state index contributed by atoms with van der Waals surface area (Å²) in [4.78, 5) is 35.5. The van der Waals surface area contributed by atoms with Gasteiger partial charge in [0.25, 0.3) is 11.5 Å². The molecular formula is C40H47N5O5. The average Bonchev–Trinajstić information content (AvgIpc) is 3.67. The van der Waals surface area contributed by atoms with Crippen LogP contribution in [0.3, 0.4) is 0 Å². The van der Waals surface area contributed by atoms with Crippen molar-refractivity contribution in [1.29, 1.82) is 0 Å². The van der Waals surface area contributed by atoms with Crippen LogP contribution in [-0.2, 0) is 10.3 Å². The van der Waals surface area contributed by atoms with E-state index in [9.17, 15) is 14.7 Å². The number of nitrogens with one attached hydrogen (secondary N) is 1. The van der Waals surface area contributed by atoms with E-state index in [1.54, 1.807) is 31.3 Å². The molecule has 0 radical (unpaired) electrons. The van der Waals surface area contributed by atoms with Gasteiger partial charge in [0, 0.05) is 61.5 Å². The summed E-state index contributed by atoms with van der Waals surface area (Å²) in [5.41, 5.74) is 8.53. The summed E-state index contributed by atoms with van der Waals surface area (Å²) in [5, 5.41) is 16.4. The molecule has 1 saturated heterocycles. The fourth-order valence-corrected chi connectivity index (χ4v) is 8.51. The van der Waals surface area contributed by atoms with Gasteiger partial charge in [0.2, 0.25) is 0 Å². The molecule has 2 fully saturated rings. The van der Waals surface area contributed by atoms with E-state index in [4.69, 9.17) is 15.2 Å². The lowest BCUT2D eigenvalue weighted by Crippen LogP contribution is -2.60. The molecule has 7 rings (SSSR count).